The Morgan fingerprint density at radius 1 is 1.30 bits per heavy atom. The van der Waals surface area contributed by atoms with Gasteiger partial charge in [0, 0.05) is 32.7 Å². The third kappa shape index (κ3) is 4.62. The van der Waals surface area contributed by atoms with Gasteiger partial charge in [0.25, 0.3) is 0 Å². The molecule has 1 saturated heterocycles. The third-order valence-corrected chi connectivity index (χ3v) is 3.86. The van der Waals surface area contributed by atoms with Crippen molar-refractivity contribution in [2.75, 3.05) is 32.7 Å². The normalized spacial score (nSPS) is 17.6. The summed E-state index contributed by atoms with van der Waals surface area (Å²) in [4.78, 5) is 14.3. The lowest BCUT2D eigenvalue weighted by Gasteiger charge is -2.31. The predicted octanol–water partition coefficient (Wildman–Crippen LogP) is 1.03. The molecule has 1 aromatic carbocycles. The molecule has 0 saturated carbocycles. The number of carbonyl (C=O) groups excluding carboxylic acids is 1. The van der Waals surface area contributed by atoms with Gasteiger partial charge in [-0.3, -0.25) is 9.69 Å². The molecule has 1 aliphatic rings. The summed E-state index contributed by atoms with van der Waals surface area (Å²) in [6, 6.07) is 10.4. The van der Waals surface area contributed by atoms with Crippen LogP contribution in [0.2, 0.25) is 0 Å². The van der Waals surface area contributed by atoms with E-state index in [9.17, 15) is 4.79 Å². The van der Waals surface area contributed by atoms with Gasteiger partial charge in [0.1, 0.15) is 0 Å². The molecule has 1 atom stereocenters. The summed E-state index contributed by atoms with van der Waals surface area (Å²) >= 11 is 0. The highest BCUT2D eigenvalue weighted by atomic mass is 16.2. The predicted molar refractivity (Wildman–Crippen MR) is 81.7 cm³/mol. The largest absolute Gasteiger partial charge is 0.355 e. The van der Waals surface area contributed by atoms with Crippen molar-refractivity contribution in [2.45, 2.75) is 25.8 Å². The number of rotatable bonds is 6. The molecular formula is C16H25N3O. The topological polar surface area (TPSA) is 44.4 Å². The van der Waals surface area contributed by atoms with Crippen LogP contribution in [0.1, 0.15) is 18.9 Å². The Kier molecular flexibility index (Phi) is 6.02. The zero-order chi connectivity index (χ0) is 14.2. The van der Waals surface area contributed by atoms with Crippen molar-refractivity contribution >= 4 is 5.91 Å². The first kappa shape index (κ1) is 15.0. The lowest BCUT2D eigenvalue weighted by Crippen LogP contribution is -2.52. The molecule has 4 heteroatoms. The molecule has 2 N–H and O–H groups in total. The van der Waals surface area contributed by atoms with E-state index >= 15 is 0 Å². The second-order valence-electron chi connectivity index (χ2n) is 5.34. The number of carbonyl (C=O) groups is 1. The fraction of sp³-hybridized carbons (Fsp3) is 0.562. The first-order valence-corrected chi connectivity index (χ1v) is 7.54. The summed E-state index contributed by atoms with van der Waals surface area (Å²) in [5.41, 5.74) is 1.33. The molecule has 0 spiro atoms. The summed E-state index contributed by atoms with van der Waals surface area (Å²) in [6.45, 7) is 6.62. The average Bonchev–Trinajstić information content (AvgIpc) is 2.52. The number of hydrogen-bond acceptors (Lipinski definition) is 3. The van der Waals surface area contributed by atoms with Crippen molar-refractivity contribution in [1.82, 2.24) is 15.5 Å². The zero-order valence-corrected chi connectivity index (χ0v) is 12.3. The highest BCUT2D eigenvalue weighted by molar-refractivity contribution is 5.81. The number of nitrogens with zero attached hydrogens (tertiary/aromatic N) is 1. The lowest BCUT2D eigenvalue weighted by atomic mass is 10.1. The summed E-state index contributed by atoms with van der Waals surface area (Å²) < 4.78 is 0. The van der Waals surface area contributed by atoms with Gasteiger partial charge in [-0.15, -0.1) is 0 Å². The van der Waals surface area contributed by atoms with E-state index in [2.05, 4.69) is 39.8 Å². The van der Waals surface area contributed by atoms with Crippen molar-refractivity contribution in [1.29, 1.82) is 0 Å². The van der Waals surface area contributed by atoms with Crippen LogP contribution in [0.4, 0.5) is 0 Å². The number of nitrogens with one attached hydrogen (secondary N) is 2. The molecule has 1 heterocycles. The van der Waals surface area contributed by atoms with E-state index in [0.29, 0.717) is 0 Å². The average molecular weight is 275 g/mol. The molecule has 0 bridgehead atoms. The van der Waals surface area contributed by atoms with Crippen LogP contribution in [-0.4, -0.2) is 49.6 Å². The van der Waals surface area contributed by atoms with Gasteiger partial charge in [0.15, 0.2) is 0 Å². The molecule has 1 aromatic rings. The van der Waals surface area contributed by atoms with E-state index in [4.69, 9.17) is 0 Å². The van der Waals surface area contributed by atoms with Crippen molar-refractivity contribution in [2.24, 2.45) is 0 Å². The maximum atomic E-state index is 12.1. The Balaban J connectivity index is 1.64. The zero-order valence-electron chi connectivity index (χ0n) is 12.3. The lowest BCUT2D eigenvalue weighted by molar-refractivity contribution is -0.126. The molecule has 2 rings (SSSR count). The molecule has 110 valence electrons. The minimum atomic E-state index is -0.0196. The van der Waals surface area contributed by atoms with Gasteiger partial charge in [0.2, 0.25) is 5.91 Å². The second-order valence-corrected chi connectivity index (χ2v) is 5.34. The molecule has 1 fully saturated rings. The van der Waals surface area contributed by atoms with Gasteiger partial charge in [0.05, 0.1) is 6.04 Å². The molecule has 0 aromatic heterocycles. The summed E-state index contributed by atoms with van der Waals surface area (Å²) in [5, 5.41) is 6.35. The first-order chi connectivity index (χ1) is 9.77. The summed E-state index contributed by atoms with van der Waals surface area (Å²) in [7, 11) is 0. The molecule has 0 aliphatic carbocycles. The fourth-order valence-corrected chi connectivity index (χ4v) is 2.53. The van der Waals surface area contributed by atoms with Gasteiger partial charge >= 0.3 is 0 Å². The van der Waals surface area contributed by atoms with Gasteiger partial charge < -0.3 is 10.6 Å². The monoisotopic (exact) mass is 275 g/mol. The Labute approximate surface area is 121 Å². The number of benzene rings is 1. The molecular weight excluding hydrogens is 250 g/mol. The van der Waals surface area contributed by atoms with E-state index in [0.717, 1.165) is 45.6 Å². The van der Waals surface area contributed by atoms with Gasteiger partial charge in [-0.05, 0) is 25.3 Å². The third-order valence-electron chi connectivity index (χ3n) is 3.86. The van der Waals surface area contributed by atoms with Crippen LogP contribution < -0.4 is 10.6 Å². The molecule has 1 amide bonds. The SMILES string of the molecule is CC(C(=O)NCCCc1ccccc1)N1CCNCC1. The number of hydrogen-bond donors (Lipinski definition) is 2. The van der Waals surface area contributed by atoms with E-state index < -0.39 is 0 Å². The quantitative estimate of drug-likeness (QED) is 0.762. The van der Waals surface area contributed by atoms with Crippen molar-refractivity contribution in [3.8, 4) is 0 Å². The summed E-state index contributed by atoms with van der Waals surface area (Å²) in [6.07, 6.45) is 2.01. The maximum absolute atomic E-state index is 12.1. The maximum Gasteiger partial charge on any atom is 0.237 e. The number of piperazine rings is 1. The molecule has 0 radical (unpaired) electrons. The molecule has 1 unspecified atom stereocenters. The fourth-order valence-electron chi connectivity index (χ4n) is 2.53. The van der Waals surface area contributed by atoms with E-state index in [1.165, 1.54) is 5.56 Å². The minimum absolute atomic E-state index is 0.0196. The minimum Gasteiger partial charge on any atom is -0.355 e. The van der Waals surface area contributed by atoms with Crippen LogP contribution >= 0.6 is 0 Å². The van der Waals surface area contributed by atoms with E-state index in [1.807, 2.05) is 13.0 Å². The Bertz CT molecular complexity index is 401. The molecule has 20 heavy (non-hydrogen) atoms. The van der Waals surface area contributed by atoms with Gasteiger partial charge in [-0.2, -0.15) is 0 Å². The summed E-state index contributed by atoms with van der Waals surface area (Å²) in [5.74, 6) is 0.153. The van der Waals surface area contributed by atoms with Crippen LogP contribution in [0, 0.1) is 0 Å². The number of amides is 1. The van der Waals surface area contributed by atoms with Crippen molar-refractivity contribution in [3.63, 3.8) is 0 Å². The van der Waals surface area contributed by atoms with E-state index in [-0.39, 0.29) is 11.9 Å². The van der Waals surface area contributed by atoms with Crippen LogP contribution in [0.25, 0.3) is 0 Å². The highest BCUT2D eigenvalue weighted by Crippen LogP contribution is 2.03. The van der Waals surface area contributed by atoms with Crippen molar-refractivity contribution in [3.05, 3.63) is 35.9 Å². The van der Waals surface area contributed by atoms with Gasteiger partial charge in [-0.1, -0.05) is 30.3 Å². The number of aryl methyl sites for hydroxylation is 1. The Hall–Kier alpha value is -1.39. The van der Waals surface area contributed by atoms with Crippen LogP contribution in [-0.2, 0) is 11.2 Å². The molecule has 1 aliphatic heterocycles. The molecule has 4 nitrogen and oxygen atoms in total. The standard InChI is InChI=1S/C16H25N3O/c1-14(19-12-10-17-11-13-19)16(20)18-9-5-8-15-6-3-2-4-7-15/h2-4,6-7,14,17H,5,8-13H2,1H3,(H,18,20). The van der Waals surface area contributed by atoms with Crippen molar-refractivity contribution < 1.29 is 4.79 Å². The Morgan fingerprint density at radius 3 is 2.70 bits per heavy atom. The van der Waals surface area contributed by atoms with Crippen LogP contribution in [0.15, 0.2) is 30.3 Å². The van der Waals surface area contributed by atoms with E-state index in [1.54, 1.807) is 0 Å². The van der Waals surface area contributed by atoms with Crippen LogP contribution in [0.3, 0.4) is 0 Å². The van der Waals surface area contributed by atoms with Gasteiger partial charge in [-0.25, -0.2) is 0 Å². The highest BCUT2D eigenvalue weighted by Gasteiger charge is 2.21. The second kappa shape index (κ2) is 8.02. The smallest absolute Gasteiger partial charge is 0.237 e. The first-order valence-electron chi connectivity index (χ1n) is 7.54. The Morgan fingerprint density at radius 2 is 2.00 bits per heavy atom. The van der Waals surface area contributed by atoms with Crippen LogP contribution in [0.5, 0.6) is 0 Å².